The Hall–Kier alpha value is -1.96. The van der Waals surface area contributed by atoms with Gasteiger partial charge in [0.05, 0.1) is 0 Å². The van der Waals surface area contributed by atoms with Crippen molar-refractivity contribution in [2.24, 2.45) is 0 Å². The van der Waals surface area contributed by atoms with Gasteiger partial charge in [-0.2, -0.15) is 0 Å². The number of phenolic OH excluding ortho intramolecular Hbond substituents is 1. The Morgan fingerprint density at radius 2 is 1.44 bits per heavy atom. The van der Waals surface area contributed by atoms with Gasteiger partial charge in [-0.25, -0.2) is 0 Å². The summed E-state index contributed by atoms with van der Waals surface area (Å²) in [6.07, 6.45) is 0. The van der Waals surface area contributed by atoms with Crippen molar-refractivity contribution in [3.63, 3.8) is 0 Å². The number of benzene rings is 2. The lowest BCUT2D eigenvalue weighted by Gasteiger charge is -2.06. The molecule has 2 rings (SSSR count). The summed E-state index contributed by atoms with van der Waals surface area (Å²) < 4.78 is 5.61. The van der Waals surface area contributed by atoms with Crippen LogP contribution < -0.4 is 4.74 Å². The lowest BCUT2D eigenvalue weighted by molar-refractivity contribution is 0.306. The highest BCUT2D eigenvalue weighted by Gasteiger charge is 1.96. The zero-order valence-electron chi connectivity index (χ0n) is 11.2. The highest BCUT2D eigenvalue weighted by atomic mass is 16.5. The van der Waals surface area contributed by atoms with Crippen LogP contribution in [0.15, 0.2) is 48.5 Å². The van der Waals surface area contributed by atoms with Crippen molar-refractivity contribution < 1.29 is 9.84 Å². The minimum atomic E-state index is 0.277. The van der Waals surface area contributed by atoms with Crippen LogP contribution in [0.5, 0.6) is 11.5 Å². The first-order valence-corrected chi connectivity index (χ1v) is 6.21. The molecule has 0 saturated carbocycles. The van der Waals surface area contributed by atoms with Crippen LogP contribution >= 0.6 is 0 Å². The fourth-order valence-corrected chi connectivity index (χ4v) is 1.39. The predicted octanol–water partition coefficient (Wildman–Crippen LogP) is 4.31. The van der Waals surface area contributed by atoms with E-state index in [1.807, 2.05) is 57.2 Å². The molecule has 0 radical (unpaired) electrons. The maximum Gasteiger partial charge on any atom is 0.119 e. The predicted molar refractivity (Wildman–Crippen MR) is 75.0 cm³/mol. The zero-order valence-corrected chi connectivity index (χ0v) is 11.2. The molecule has 2 aromatic carbocycles. The van der Waals surface area contributed by atoms with Gasteiger partial charge in [0.15, 0.2) is 0 Å². The standard InChI is InChI=1S/C14H14O2.C2H6/c1-11-2-8-14(9-3-11)16-10-12-4-6-13(15)7-5-12;1-2/h2-9,15H,10H2,1H3;1-2H3. The molecule has 0 aromatic heterocycles. The van der Waals surface area contributed by atoms with Gasteiger partial charge in [-0.1, -0.05) is 43.7 Å². The van der Waals surface area contributed by atoms with Crippen molar-refractivity contribution in [3.8, 4) is 11.5 Å². The van der Waals surface area contributed by atoms with Crippen LogP contribution in [0.2, 0.25) is 0 Å². The lowest BCUT2D eigenvalue weighted by atomic mass is 10.2. The first-order valence-electron chi connectivity index (χ1n) is 6.21. The summed E-state index contributed by atoms with van der Waals surface area (Å²) in [6, 6.07) is 15.0. The van der Waals surface area contributed by atoms with Gasteiger partial charge >= 0.3 is 0 Å². The molecule has 1 N–H and O–H groups in total. The zero-order chi connectivity index (χ0) is 13.4. The van der Waals surface area contributed by atoms with Crippen LogP contribution in [0, 0.1) is 6.92 Å². The summed E-state index contributed by atoms with van der Waals surface area (Å²) in [6.45, 7) is 6.56. The van der Waals surface area contributed by atoms with E-state index in [-0.39, 0.29) is 5.75 Å². The minimum Gasteiger partial charge on any atom is -0.508 e. The van der Waals surface area contributed by atoms with Gasteiger partial charge in [0.25, 0.3) is 0 Å². The molecule has 0 atom stereocenters. The summed E-state index contributed by atoms with van der Waals surface area (Å²) in [5.41, 5.74) is 2.26. The smallest absolute Gasteiger partial charge is 0.119 e. The molecular weight excluding hydrogens is 224 g/mol. The molecule has 0 aliphatic rings. The van der Waals surface area contributed by atoms with Gasteiger partial charge in [-0.15, -0.1) is 0 Å². The molecule has 0 spiro atoms. The number of aromatic hydroxyl groups is 1. The molecule has 2 heteroatoms. The van der Waals surface area contributed by atoms with E-state index in [0.29, 0.717) is 6.61 Å². The Morgan fingerprint density at radius 1 is 0.889 bits per heavy atom. The fourth-order valence-electron chi connectivity index (χ4n) is 1.39. The van der Waals surface area contributed by atoms with Crippen LogP contribution in [0.3, 0.4) is 0 Å². The number of ether oxygens (including phenoxy) is 1. The second-order valence-electron chi connectivity index (χ2n) is 3.77. The summed E-state index contributed by atoms with van der Waals surface area (Å²) in [4.78, 5) is 0. The number of aryl methyl sites for hydroxylation is 1. The second kappa shape index (κ2) is 7.38. The first-order chi connectivity index (χ1) is 8.74. The molecule has 0 unspecified atom stereocenters. The number of phenols is 1. The van der Waals surface area contributed by atoms with Gasteiger partial charge in [-0.05, 0) is 36.8 Å². The Balaban J connectivity index is 0.000000771. The van der Waals surface area contributed by atoms with E-state index in [4.69, 9.17) is 9.84 Å². The molecule has 2 aromatic rings. The third-order valence-electron chi connectivity index (χ3n) is 2.36. The Morgan fingerprint density at radius 3 is 2.00 bits per heavy atom. The highest BCUT2D eigenvalue weighted by Crippen LogP contribution is 2.15. The Kier molecular flexibility index (Phi) is 5.78. The number of hydrogen-bond acceptors (Lipinski definition) is 2. The quantitative estimate of drug-likeness (QED) is 0.872. The molecule has 0 saturated heterocycles. The molecule has 0 aliphatic heterocycles. The number of hydrogen-bond donors (Lipinski definition) is 1. The van der Waals surface area contributed by atoms with Crippen molar-refractivity contribution in [1.29, 1.82) is 0 Å². The monoisotopic (exact) mass is 244 g/mol. The summed E-state index contributed by atoms with van der Waals surface area (Å²) in [5.74, 6) is 1.14. The van der Waals surface area contributed by atoms with E-state index in [0.717, 1.165) is 11.3 Å². The fraction of sp³-hybridized carbons (Fsp3) is 0.250. The van der Waals surface area contributed by atoms with Crippen molar-refractivity contribution >= 4 is 0 Å². The molecule has 96 valence electrons. The maximum atomic E-state index is 9.13. The highest BCUT2D eigenvalue weighted by molar-refractivity contribution is 5.28. The Bertz CT molecular complexity index is 398. The van der Waals surface area contributed by atoms with Crippen LogP contribution in [0.4, 0.5) is 0 Å². The van der Waals surface area contributed by atoms with Gasteiger partial charge < -0.3 is 9.84 Å². The normalized spacial score (nSPS) is 9.28. The van der Waals surface area contributed by atoms with E-state index in [1.54, 1.807) is 12.1 Å². The maximum absolute atomic E-state index is 9.13. The lowest BCUT2D eigenvalue weighted by Crippen LogP contribution is -1.94. The van der Waals surface area contributed by atoms with E-state index in [9.17, 15) is 0 Å². The largest absolute Gasteiger partial charge is 0.508 e. The minimum absolute atomic E-state index is 0.277. The third-order valence-corrected chi connectivity index (χ3v) is 2.36. The van der Waals surface area contributed by atoms with E-state index < -0.39 is 0 Å². The molecule has 0 bridgehead atoms. The number of rotatable bonds is 3. The van der Waals surface area contributed by atoms with Crippen molar-refractivity contribution in [2.45, 2.75) is 27.4 Å². The van der Waals surface area contributed by atoms with Crippen molar-refractivity contribution in [2.75, 3.05) is 0 Å². The third kappa shape index (κ3) is 4.50. The van der Waals surface area contributed by atoms with Gasteiger partial charge in [0.1, 0.15) is 18.1 Å². The van der Waals surface area contributed by atoms with E-state index >= 15 is 0 Å². The average molecular weight is 244 g/mol. The van der Waals surface area contributed by atoms with Crippen LogP contribution in [-0.2, 0) is 6.61 Å². The molecule has 0 aliphatic carbocycles. The van der Waals surface area contributed by atoms with E-state index in [2.05, 4.69) is 0 Å². The summed E-state index contributed by atoms with van der Waals surface area (Å²) in [5, 5.41) is 9.13. The van der Waals surface area contributed by atoms with Crippen LogP contribution in [0.1, 0.15) is 25.0 Å². The van der Waals surface area contributed by atoms with E-state index in [1.165, 1.54) is 5.56 Å². The average Bonchev–Trinajstić information content (AvgIpc) is 2.42. The second-order valence-corrected chi connectivity index (χ2v) is 3.77. The molecule has 0 fully saturated rings. The first kappa shape index (κ1) is 14.1. The SMILES string of the molecule is CC.Cc1ccc(OCc2ccc(O)cc2)cc1. The Labute approximate surface area is 109 Å². The molecule has 2 nitrogen and oxygen atoms in total. The summed E-state index contributed by atoms with van der Waals surface area (Å²) in [7, 11) is 0. The summed E-state index contributed by atoms with van der Waals surface area (Å²) >= 11 is 0. The van der Waals surface area contributed by atoms with Gasteiger partial charge in [0.2, 0.25) is 0 Å². The van der Waals surface area contributed by atoms with Crippen molar-refractivity contribution in [1.82, 2.24) is 0 Å². The molecule has 18 heavy (non-hydrogen) atoms. The van der Waals surface area contributed by atoms with Gasteiger partial charge in [0, 0.05) is 0 Å². The molecule has 0 amide bonds. The molecular formula is C16H20O2. The topological polar surface area (TPSA) is 29.5 Å². The van der Waals surface area contributed by atoms with Gasteiger partial charge in [-0.3, -0.25) is 0 Å². The van der Waals surface area contributed by atoms with Crippen molar-refractivity contribution in [3.05, 3.63) is 59.7 Å². The molecule has 0 heterocycles. The van der Waals surface area contributed by atoms with Crippen LogP contribution in [-0.4, -0.2) is 5.11 Å². The van der Waals surface area contributed by atoms with Crippen LogP contribution in [0.25, 0.3) is 0 Å².